The Balaban J connectivity index is 4.10. The van der Waals surface area contributed by atoms with Gasteiger partial charge in [0.05, 0.1) is 0 Å². The van der Waals surface area contributed by atoms with Gasteiger partial charge in [0.25, 0.3) is 0 Å². The molecule has 2 nitrogen and oxygen atoms in total. The van der Waals surface area contributed by atoms with E-state index in [1.165, 1.54) is 31.4 Å². The minimum atomic E-state index is -0.631. The Morgan fingerprint density at radius 3 is 2.27 bits per heavy atom. The Morgan fingerprint density at radius 2 is 1.73 bits per heavy atom. The van der Waals surface area contributed by atoms with Gasteiger partial charge in [-0.15, -0.1) is 0 Å². The van der Waals surface area contributed by atoms with E-state index in [9.17, 15) is 4.79 Å². The third-order valence-corrected chi connectivity index (χ3v) is 7.20. The van der Waals surface area contributed by atoms with Gasteiger partial charge in [0.2, 0.25) is 9.04 Å². The number of rotatable bonds is 14. The van der Waals surface area contributed by atoms with Crippen LogP contribution in [0.15, 0.2) is 0 Å². The van der Waals surface area contributed by atoms with E-state index < -0.39 is 9.04 Å². The zero-order valence-corrected chi connectivity index (χ0v) is 17.3. The van der Waals surface area contributed by atoms with Crippen molar-refractivity contribution in [3.63, 3.8) is 0 Å². The van der Waals surface area contributed by atoms with Crippen molar-refractivity contribution in [2.24, 2.45) is 0 Å². The van der Waals surface area contributed by atoms with E-state index in [1.807, 2.05) is 0 Å². The van der Waals surface area contributed by atoms with Crippen molar-refractivity contribution in [1.29, 1.82) is 0 Å². The molecule has 0 bridgehead atoms. The molecule has 0 saturated heterocycles. The predicted octanol–water partition coefficient (Wildman–Crippen LogP) is 6.21. The molecule has 131 valence electrons. The van der Waals surface area contributed by atoms with E-state index in [4.69, 9.17) is 4.43 Å². The summed E-state index contributed by atoms with van der Waals surface area (Å²) in [6.45, 7) is 11.1. The Bertz CT molecular complexity index is 270. The maximum atomic E-state index is 12.0. The molecule has 0 aliphatic carbocycles. The lowest BCUT2D eigenvalue weighted by Gasteiger charge is -2.24. The summed E-state index contributed by atoms with van der Waals surface area (Å²) in [4.78, 5) is 12.0. The first-order chi connectivity index (χ1) is 10.6. The second-order valence-electron chi connectivity index (χ2n) is 6.12. The summed E-state index contributed by atoms with van der Waals surface area (Å²) in [6, 6.07) is 2.36. The molecule has 0 spiro atoms. The molecular formula is C18H37O2SSi. The van der Waals surface area contributed by atoms with Crippen molar-refractivity contribution >= 4 is 25.9 Å². The SMILES string of the molecule is CCCCCCC(=O)SC(C)CC(CCC)O[Si](CC)CC. The Labute approximate surface area is 144 Å². The highest BCUT2D eigenvalue weighted by Crippen LogP contribution is 2.23. The van der Waals surface area contributed by atoms with Crippen molar-refractivity contribution in [3.8, 4) is 0 Å². The van der Waals surface area contributed by atoms with E-state index in [2.05, 4.69) is 34.6 Å². The van der Waals surface area contributed by atoms with Gasteiger partial charge in [-0.3, -0.25) is 4.79 Å². The highest BCUT2D eigenvalue weighted by Gasteiger charge is 2.20. The number of carbonyl (C=O) groups excluding carboxylic acids is 1. The highest BCUT2D eigenvalue weighted by molar-refractivity contribution is 8.14. The molecule has 0 aliphatic rings. The van der Waals surface area contributed by atoms with Gasteiger partial charge in [-0.25, -0.2) is 0 Å². The van der Waals surface area contributed by atoms with Crippen LogP contribution in [0.25, 0.3) is 0 Å². The maximum absolute atomic E-state index is 12.0. The molecule has 2 unspecified atom stereocenters. The van der Waals surface area contributed by atoms with Crippen molar-refractivity contribution < 1.29 is 9.22 Å². The van der Waals surface area contributed by atoms with Gasteiger partial charge in [0, 0.05) is 17.8 Å². The molecule has 0 amide bonds. The molecular weight excluding hydrogens is 308 g/mol. The molecule has 0 saturated carbocycles. The van der Waals surface area contributed by atoms with Gasteiger partial charge < -0.3 is 4.43 Å². The molecule has 4 heteroatoms. The Kier molecular flexibility index (Phi) is 14.9. The van der Waals surface area contributed by atoms with Crippen LogP contribution < -0.4 is 0 Å². The molecule has 22 heavy (non-hydrogen) atoms. The van der Waals surface area contributed by atoms with Gasteiger partial charge in [-0.1, -0.05) is 72.1 Å². The summed E-state index contributed by atoms with van der Waals surface area (Å²) in [7, 11) is -0.631. The smallest absolute Gasteiger partial charge is 0.211 e. The van der Waals surface area contributed by atoms with Crippen LogP contribution in [0.5, 0.6) is 0 Å². The molecule has 0 aromatic carbocycles. The third kappa shape index (κ3) is 11.7. The highest BCUT2D eigenvalue weighted by atomic mass is 32.2. The predicted molar refractivity (Wildman–Crippen MR) is 102 cm³/mol. The topological polar surface area (TPSA) is 26.3 Å². The van der Waals surface area contributed by atoms with Crippen LogP contribution in [0.4, 0.5) is 0 Å². The van der Waals surface area contributed by atoms with Crippen molar-refractivity contribution in [3.05, 3.63) is 0 Å². The maximum Gasteiger partial charge on any atom is 0.211 e. The summed E-state index contributed by atoms with van der Waals surface area (Å²) >= 11 is 1.55. The van der Waals surface area contributed by atoms with Crippen molar-refractivity contribution in [1.82, 2.24) is 0 Å². The fourth-order valence-corrected chi connectivity index (χ4v) is 5.14. The molecule has 0 aromatic heterocycles. The minimum Gasteiger partial charge on any atom is -0.414 e. The molecule has 2 atom stereocenters. The first kappa shape index (κ1) is 22.2. The van der Waals surface area contributed by atoms with E-state index >= 15 is 0 Å². The summed E-state index contributed by atoms with van der Waals surface area (Å²) in [5.41, 5.74) is 0. The second kappa shape index (κ2) is 14.8. The van der Waals surface area contributed by atoms with Crippen LogP contribution in [0.2, 0.25) is 12.1 Å². The Hall–Kier alpha value is 0.197. The number of hydrogen-bond acceptors (Lipinski definition) is 3. The van der Waals surface area contributed by atoms with Gasteiger partial charge in [-0.2, -0.15) is 0 Å². The number of carbonyl (C=O) groups is 1. The number of thioether (sulfide) groups is 1. The van der Waals surface area contributed by atoms with Crippen molar-refractivity contribution in [2.45, 2.75) is 109 Å². The lowest BCUT2D eigenvalue weighted by Crippen LogP contribution is -2.27. The largest absolute Gasteiger partial charge is 0.414 e. The average molecular weight is 346 g/mol. The zero-order valence-electron chi connectivity index (χ0n) is 15.5. The molecule has 0 fully saturated rings. The first-order valence-electron chi connectivity index (χ1n) is 9.27. The van der Waals surface area contributed by atoms with Crippen molar-refractivity contribution in [2.75, 3.05) is 0 Å². The van der Waals surface area contributed by atoms with Gasteiger partial charge in [0.15, 0.2) is 5.12 Å². The fraction of sp³-hybridized carbons (Fsp3) is 0.944. The minimum absolute atomic E-state index is 0.356. The standard InChI is InChI=1S/C18H37O2SSi/c1-6-10-11-12-14-18(19)21-16(5)15-17(13-7-2)20-22(8-3)9-4/h16-17H,6-15H2,1-5H3. The van der Waals surface area contributed by atoms with Crippen LogP contribution in [0.1, 0.15) is 86.0 Å². The zero-order chi connectivity index (χ0) is 16.8. The van der Waals surface area contributed by atoms with Crippen LogP contribution in [-0.2, 0) is 9.22 Å². The van der Waals surface area contributed by atoms with E-state index in [-0.39, 0.29) is 0 Å². The molecule has 0 aromatic rings. The monoisotopic (exact) mass is 345 g/mol. The molecule has 0 N–H and O–H groups in total. The molecule has 0 aliphatic heterocycles. The summed E-state index contributed by atoms with van der Waals surface area (Å²) < 4.78 is 6.33. The fourth-order valence-electron chi connectivity index (χ4n) is 2.60. The lowest BCUT2D eigenvalue weighted by molar-refractivity contribution is -0.111. The Morgan fingerprint density at radius 1 is 1.05 bits per heavy atom. The van der Waals surface area contributed by atoms with Crippen LogP contribution >= 0.6 is 11.8 Å². The van der Waals surface area contributed by atoms with E-state index in [0.717, 1.165) is 32.1 Å². The molecule has 0 rings (SSSR count). The quantitative estimate of drug-likeness (QED) is 0.276. The normalized spacial score (nSPS) is 14.3. The summed E-state index contributed by atoms with van der Waals surface area (Å²) in [5.74, 6) is 0. The van der Waals surface area contributed by atoms with E-state index in [1.54, 1.807) is 11.8 Å². The van der Waals surface area contributed by atoms with Crippen LogP contribution in [0, 0.1) is 0 Å². The number of hydrogen-bond donors (Lipinski definition) is 0. The average Bonchev–Trinajstić information content (AvgIpc) is 2.49. The van der Waals surface area contributed by atoms with Gasteiger partial charge >= 0.3 is 0 Å². The van der Waals surface area contributed by atoms with E-state index in [0.29, 0.717) is 16.5 Å². The van der Waals surface area contributed by atoms with Gasteiger partial charge in [-0.05, 0) is 31.4 Å². The molecule has 1 radical (unpaired) electrons. The summed E-state index contributed by atoms with van der Waals surface area (Å²) in [5, 5.41) is 0.752. The first-order valence-corrected chi connectivity index (χ1v) is 12.0. The van der Waals surface area contributed by atoms with Crippen LogP contribution in [-0.4, -0.2) is 25.5 Å². The van der Waals surface area contributed by atoms with Crippen LogP contribution in [0.3, 0.4) is 0 Å². The second-order valence-corrected chi connectivity index (χ2v) is 10.3. The molecule has 0 heterocycles. The summed E-state index contributed by atoms with van der Waals surface area (Å²) in [6.07, 6.45) is 9.14. The number of unbranched alkanes of at least 4 members (excludes halogenated alkanes) is 3. The third-order valence-electron chi connectivity index (χ3n) is 3.89. The van der Waals surface area contributed by atoms with Gasteiger partial charge in [0.1, 0.15) is 0 Å². The lowest BCUT2D eigenvalue weighted by atomic mass is 10.1.